The molecule has 15 nitrogen and oxygen atoms in total. The standard InChI is InChI=1S/C23H26FN6O9P/c1-23(2)21(31)30(11-38-40(32,33)34)20-14(39-23)6-7-17(28-20)27-19-13(24)10-25-22(29-19)26-12-8-15(35-3)18(37-5)16(9-12)36-4/h6-10H,11H2,1-5H3,(H2,32,33,34)(H2,25,26,27,28,29)/i6D,7D,11D2. The number of amides is 1. The number of phosphoric acid groups is 1. The molecule has 0 spiro atoms. The number of halogens is 1. The zero-order chi connectivity index (χ0) is 32.8. The predicted octanol–water partition coefficient (Wildman–Crippen LogP) is 3.09. The van der Waals surface area contributed by atoms with E-state index >= 15 is 0 Å². The number of carbonyl (C=O) groups excluding carboxylic acids is 1. The maximum absolute atomic E-state index is 14.9. The van der Waals surface area contributed by atoms with E-state index in [1.165, 1.54) is 47.3 Å². The van der Waals surface area contributed by atoms with Gasteiger partial charge in [-0.05, 0) is 25.9 Å². The van der Waals surface area contributed by atoms with Crippen molar-refractivity contribution in [2.45, 2.75) is 19.4 Å². The fourth-order valence-corrected chi connectivity index (χ4v) is 3.58. The van der Waals surface area contributed by atoms with Crippen molar-refractivity contribution >= 4 is 42.8 Å². The van der Waals surface area contributed by atoms with E-state index in [1.807, 2.05) is 0 Å². The summed E-state index contributed by atoms with van der Waals surface area (Å²) in [6, 6.07) is 1.66. The summed E-state index contributed by atoms with van der Waals surface area (Å²) in [5, 5.41) is 5.25. The van der Waals surface area contributed by atoms with Gasteiger partial charge in [-0.25, -0.2) is 18.9 Å². The molecule has 1 aromatic carbocycles. The first-order valence-corrected chi connectivity index (χ1v) is 12.6. The minimum atomic E-state index is -5.51. The Balaban J connectivity index is 1.76. The number of fused-ring (bicyclic) bond motifs is 1. The summed E-state index contributed by atoms with van der Waals surface area (Å²) in [7, 11) is -1.27. The quantitative estimate of drug-likeness (QED) is 0.255. The van der Waals surface area contributed by atoms with Crippen LogP contribution in [0.5, 0.6) is 23.0 Å². The Morgan fingerprint density at radius 3 is 2.42 bits per heavy atom. The van der Waals surface area contributed by atoms with E-state index in [-0.39, 0.29) is 10.8 Å². The van der Waals surface area contributed by atoms with E-state index in [0.29, 0.717) is 22.9 Å². The summed E-state index contributed by atoms with van der Waals surface area (Å²) in [5.74, 6) is -3.99. The second kappa shape index (κ2) is 11.1. The minimum Gasteiger partial charge on any atom is -0.493 e. The van der Waals surface area contributed by atoms with Gasteiger partial charge in [-0.2, -0.15) is 4.98 Å². The van der Waals surface area contributed by atoms with Crippen LogP contribution in [0.3, 0.4) is 0 Å². The molecule has 214 valence electrons. The van der Waals surface area contributed by atoms with Gasteiger partial charge in [0, 0.05) is 17.8 Å². The van der Waals surface area contributed by atoms with Crippen LogP contribution < -0.4 is 34.5 Å². The molecular formula is C23H26FN6O9P. The summed E-state index contributed by atoms with van der Waals surface area (Å²) in [5.41, 5.74) is -1.52. The second-order valence-corrected chi connectivity index (χ2v) is 9.51. The number of rotatable bonds is 10. The Morgan fingerprint density at radius 2 is 1.82 bits per heavy atom. The SMILES string of the molecule is [2H]c1c(Nc2nc(Nc3cc(OC)c(OC)c(OC)c3)ncc2F)nc2c(c1[2H])OC(C)(C)C(=O)N2C([2H])([2H])OP(=O)(O)O. The lowest BCUT2D eigenvalue weighted by molar-refractivity contribution is -0.133. The van der Waals surface area contributed by atoms with E-state index < -0.39 is 67.1 Å². The van der Waals surface area contributed by atoms with Gasteiger partial charge in [-0.1, -0.05) is 0 Å². The number of carbonyl (C=O) groups is 1. The first-order chi connectivity index (χ1) is 20.4. The van der Waals surface area contributed by atoms with Crippen LogP contribution in [-0.4, -0.2) is 64.3 Å². The number of nitrogens with one attached hydrogen (secondary N) is 2. The van der Waals surface area contributed by atoms with Crippen molar-refractivity contribution < 1.29 is 52.5 Å². The molecule has 40 heavy (non-hydrogen) atoms. The molecule has 4 rings (SSSR count). The lowest BCUT2D eigenvalue weighted by Gasteiger charge is -2.37. The third-order valence-electron chi connectivity index (χ3n) is 5.16. The molecule has 0 unspecified atom stereocenters. The molecule has 3 heterocycles. The first kappa shape index (κ1) is 23.6. The fourth-order valence-electron chi connectivity index (χ4n) is 3.39. The van der Waals surface area contributed by atoms with E-state index in [2.05, 4.69) is 30.1 Å². The highest BCUT2D eigenvalue weighted by molar-refractivity contribution is 7.46. The molecule has 3 aromatic rings. The number of benzene rings is 1. The van der Waals surface area contributed by atoms with E-state index in [1.54, 1.807) is 0 Å². The van der Waals surface area contributed by atoms with Gasteiger partial charge >= 0.3 is 7.82 Å². The van der Waals surface area contributed by atoms with Crippen molar-refractivity contribution in [3.8, 4) is 23.0 Å². The summed E-state index contributed by atoms with van der Waals surface area (Å²) >= 11 is 0. The van der Waals surface area contributed by atoms with Gasteiger partial charge in [0.05, 0.1) is 33.0 Å². The van der Waals surface area contributed by atoms with Gasteiger partial charge in [0.25, 0.3) is 5.91 Å². The number of hydrogen-bond donors (Lipinski definition) is 4. The van der Waals surface area contributed by atoms with Gasteiger partial charge in [0.15, 0.2) is 40.3 Å². The number of hydrogen-bond acceptors (Lipinski definition) is 12. The van der Waals surface area contributed by atoms with Gasteiger partial charge in [0.2, 0.25) is 11.7 Å². The Labute approximate surface area is 233 Å². The van der Waals surface area contributed by atoms with Crippen LogP contribution in [0.2, 0.25) is 0 Å². The van der Waals surface area contributed by atoms with Crippen molar-refractivity contribution in [1.82, 2.24) is 15.0 Å². The molecule has 1 aliphatic rings. The molecule has 1 amide bonds. The molecule has 17 heteroatoms. The molecule has 4 N–H and O–H groups in total. The van der Waals surface area contributed by atoms with Crippen molar-refractivity contribution in [3.63, 3.8) is 0 Å². The average Bonchev–Trinajstić information content (AvgIpc) is 2.92. The highest BCUT2D eigenvalue weighted by Gasteiger charge is 2.42. The lowest BCUT2D eigenvalue weighted by Crippen LogP contribution is -2.53. The molecule has 0 atom stereocenters. The Kier molecular flexibility index (Phi) is 6.55. The molecule has 0 fully saturated rings. The van der Waals surface area contributed by atoms with Gasteiger partial charge < -0.3 is 39.4 Å². The Bertz CT molecular complexity index is 1650. The number of ether oxygens (including phenoxy) is 4. The van der Waals surface area contributed by atoms with Crippen molar-refractivity contribution in [1.29, 1.82) is 0 Å². The van der Waals surface area contributed by atoms with E-state index in [4.69, 9.17) is 24.4 Å². The minimum absolute atomic E-state index is 0.140. The molecule has 1 aliphatic heterocycles. The topological polar surface area (TPSA) is 187 Å². The largest absolute Gasteiger partial charge is 0.493 e. The van der Waals surface area contributed by atoms with Crippen LogP contribution in [0.15, 0.2) is 30.4 Å². The van der Waals surface area contributed by atoms with Gasteiger partial charge in [-0.3, -0.25) is 14.2 Å². The maximum atomic E-state index is 14.9. The van der Waals surface area contributed by atoms with E-state index in [9.17, 15) is 23.5 Å². The number of aromatic nitrogens is 3. The van der Waals surface area contributed by atoms with Crippen molar-refractivity contribution in [3.05, 3.63) is 36.2 Å². The van der Waals surface area contributed by atoms with Crippen molar-refractivity contribution in [2.24, 2.45) is 0 Å². The maximum Gasteiger partial charge on any atom is 0.471 e. The number of methoxy groups -OCH3 is 3. The number of pyridine rings is 1. The van der Waals surface area contributed by atoms with Gasteiger partial charge in [0.1, 0.15) is 12.5 Å². The smallest absolute Gasteiger partial charge is 0.471 e. The Morgan fingerprint density at radius 1 is 1.15 bits per heavy atom. The Hall–Kier alpha value is -4.24. The summed E-state index contributed by atoms with van der Waals surface area (Å²) in [6.45, 7) is -1.11. The van der Waals surface area contributed by atoms with Crippen LogP contribution >= 0.6 is 7.82 Å². The normalized spacial score (nSPS) is 16.0. The fraction of sp³-hybridized carbons (Fsp3) is 0.304. The predicted molar refractivity (Wildman–Crippen MR) is 139 cm³/mol. The second-order valence-electron chi connectivity index (χ2n) is 8.34. The highest BCUT2D eigenvalue weighted by atomic mass is 31.2. The summed E-state index contributed by atoms with van der Waals surface area (Å²) in [4.78, 5) is 43.7. The van der Waals surface area contributed by atoms with Crippen LogP contribution in [0, 0.1) is 5.82 Å². The molecular weight excluding hydrogens is 554 g/mol. The van der Waals surface area contributed by atoms with Crippen LogP contribution in [0.4, 0.5) is 33.5 Å². The zero-order valence-electron chi connectivity index (χ0n) is 25.6. The monoisotopic (exact) mass is 584 g/mol. The molecule has 0 saturated carbocycles. The van der Waals surface area contributed by atoms with Crippen LogP contribution in [0.1, 0.15) is 19.3 Å². The number of anilines is 5. The third kappa shape index (κ3) is 6.15. The number of phosphoric ester groups is 1. The van der Waals surface area contributed by atoms with Crippen molar-refractivity contribution in [2.75, 3.05) is 43.5 Å². The molecule has 0 radical (unpaired) electrons. The third-order valence-corrected chi connectivity index (χ3v) is 5.47. The summed E-state index contributed by atoms with van der Waals surface area (Å²) < 4.78 is 85.0. The molecule has 0 saturated heterocycles. The van der Waals surface area contributed by atoms with E-state index in [0.717, 1.165) is 6.20 Å². The highest BCUT2D eigenvalue weighted by Crippen LogP contribution is 2.42. The first-order valence-electron chi connectivity index (χ1n) is 13.1. The molecule has 0 bridgehead atoms. The zero-order valence-corrected chi connectivity index (χ0v) is 22.5. The van der Waals surface area contributed by atoms with Gasteiger partial charge in [-0.15, -0.1) is 0 Å². The molecule has 0 aliphatic carbocycles. The molecule has 2 aromatic heterocycles. The van der Waals surface area contributed by atoms with Crippen LogP contribution in [0.25, 0.3) is 0 Å². The lowest BCUT2D eigenvalue weighted by atomic mass is 10.1. The average molecular weight is 584 g/mol. The summed E-state index contributed by atoms with van der Waals surface area (Å²) in [6.07, 6.45) is 0.785. The number of nitrogens with zero attached hydrogens (tertiary/aromatic N) is 4. The van der Waals surface area contributed by atoms with Crippen LogP contribution in [-0.2, 0) is 13.9 Å².